The number of rotatable bonds is 9. The summed E-state index contributed by atoms with van der Waals surface area (Å²) < 4.78 is 38.3. The summed E-state index contributed by atoms with van der Waals surface area (Å²) in [7, 11) is -3.44. The van der Waals surface area contributed by atoms with E-state index in [-0.39, 0.29) is 18.1 Å². The molecule has 0 unspecified atom stereocenters. The van der Waals surface area contributed by atoms with Crippen molar-refractivity contribution in [2.75, 3.05) is 15.8 Å². The minimum Gasteiger partial charge on any atom is -0.486 e. The van der Waals surface area contributed by atoms with Crippen LogP contribution in [-0.4, -0.2) is 20.1 Å². The summed E-state index contributed by atoms with van der Waals surface area (Å²) in [6.07, 6.45) is 0.510. The molecule has 176 valence electrons. The largest absolute Gasteiger partial charge is 0.486 e. The van der Waals surface area contributed by atoms with Gasteiger partial charge in [0.1, 0.15) is 18.1 Å². The fourth-order valence-electron chi connectivity index (χ4n) is 3.54. The molecule has 1 heterocycles. The first-order valence-electron chi connectivity index (χ1n) is 11.0. The molecule has 0 spiro atoms. The van der Waals surface area contributed by atoms with Gasteiger partial charge in [0.05, 0.1) is 11.4 Å². The van der Waals surface area contributed by atoms with Crippen molar-refractivity contribution in [1.29, 1.82) is 0 Å². The number of nitrogens with one attached hydrogen (secondary N) is 2. The van der Waals surface area contributed by atoms with Gasteiger partial charge in [-0.3, -0.25) is 9.52 Å². The summed E-state index contributed by atoms with van der Waals surface area (Å²) in [5.74, 6) is 0.941. The molecule has 4 aromatic rings. The number of carbonyl (C=O) groups is 1. The Hall–Kier alpha value is -3.78. The number of hydrogen-bond donors (Lipinski definition) is 2. The number of furan rings is 1. The van der Waals surface area contributed by atoms with E-state index < -0.39 is 15.9 Å². The molecule has 34 heavy (non-hydrogen) atoms. The van der Waals surface area contributed by atoms with E-state index in [1.807, 2.05) is 42.5 Å². The SMILES string of the molecule is CCCS(=O)(=O)Nc1cccc(NC(=O)c2ccc(COc3ccc4ccccc4c3)o2)c1C. The zero-order valence-electron chi connectivity index (χ0n) is 19.0. The molecule has 7 nitrogen and oxygen atoms in total. The van der Waals surface area contributed by atoms with Crippen LogP contribution in [0.4, 0.5) is 11.4 Å². The van der Waals surface area contributed by atoms with E-state index in [2.05, 4.69) is 10.0 Å². The minimum atomic E-state index is -3.44. The maximum absolute atomic E-state index is 12.7. The fourth-order valence-corrected chi connectivity index (χ4v) is 4.74. The molecule has 3 aromatic carbocycles. The Bertz CT molecular complexity index is 1430. The molecule has 0 atom stereocenters. The second-order valence-corrected chi connectivity index (χ2v) is 9.76. The molecule has 4 rings (SSSR count). The Balaban J connectivity index is 1.41. The van der Waals surface area contributed by atoms with Crippen LogP contribution in [0.15, 0.2) is 77.2 Å². The second kappa shape index (κ2) is 10.0. The first kappa shape index (κ1) is 23.4. The summed E-state index contributed by atoms with van der Waals surface area (Å²) in [6.45, 7) is 3.72. The number of hydrogen-bond acceptors (Lipinski definition) is 5. The molecule has 8 heteroatoms. The molecular weight excluding hydrogens is 452 g/mol. The van der Waals surface area contributed by atoms with Crippen LogP contribution in [0.5, 0.6) is 5.75 Å². The maximum atomic E-state index is 12.7. The molecule has 0 fully saturated rings. The summed E-state index contributed by atoms with van der Waals surface area (Å²) in [5, 5.41) is 4.99. The number of amides is 1. The smallest absolute Gasteiger partial charge is 0.291 e. The lowest BCUT2D eigenvalue weighted by Crippen LogP contribution is -2.18. The van der Waals surface area contributed by atoms with Gasteiger partial charge in [0.2, 0.25) is 10.0 Å². The maximum Gasteiger partial charge on any atom is 0.291 e. The van der Waals surface area contributed by atoms with Crippen LogP contribution in [0.3, 0.4) is 0 Å². The first-order valence-corrected chi connectivity index (χ1v) is 12.6. The van der Waals surface area contributed by atoms with Gasteiger partial charge in [0.15, 0.2) is 5.76 Å². The molecule has 0 aliphatic carbocycles. The number of benzene rings is 3. The van der Waals surface area contributed by atoms with Crippen LogP contribution in [0.25, 0.3) is 10.8 Å². The van der Waals surface area contributed by atoms with Gasteiger partial charge in [-0.1, -0.05) is 43.3 Å². The Kier molecular flexibility index (Phi) is 6.88. The van der Waals surface area contributed by atoms with Crippen molar-refractivity contribution in [1.82, 2.24) is 0 Å². The van der Waals surface area contributed by atoms with Crippen LogP contribution in [-0.2, 0) is 16.6 Å². The fraction of sp³-hybridized carbons (Fsp3) is 0.192. The molecular formula is C26H26N2O5S. The van der Waals surface area contributed by atoms with Crippen molar-refractivity contribution < 1.29 is 22.4 Å². The molecule has 0 bridgehead atoms. The molecule has 0 aliphatic rings. The van der Waals surface area contributed by atoms with Crippen molar-refractivity contribution >= 4 is 38.1 Å². The average Bonchev–Trinajstić information content (AvgIpc) is 3.29. The highest BCUT2D eigenvalue weighted by atomic mass is 32.2. The van der Waals surface area contributed by atoms with Crippen LogP contribution in [0, 0.1) is 6.92 Å². The molecule has 1 amide bonds. The van der Waals surface area contributed by atoms with Gasteiger partial charge in [0.25, 0.3) is 5.91 Å². The predicted molar refractivity (Wildman–Crippen MR) is 134 cm³/mol. The number of ether oxygens (including phenoxy) is 1. The number of sulfonamides is 1. The van der Waals surface area contributed by atoms with Gasteiger partial charge >= 0.3 is 0 Å². The van der Waals surface area contributed by atoms with Gasteiger partial charge < -0.3 is 14.5 Å². The molecule has 0 radical (unpaired) electrons. The Morgan fingerprint density at radius 1 is 0.941 bits per heavy atom. The van der Waals surface area contributed by atoms with Crippen LogP contribution < -0.4 is 14.8 Å². The quantitative estimate of drug-likeness (QED) is 0.320. The summed E-state index contributed by atoms with van der Waals surface area (Å²) in [6, 6.07) is 22.2. The third kappa shape index (κ3) is 5.58. The molecule has 0 saturated heterocycles. The number of fused-ring (bicyclic) bond motifs is 1. The van der Waals surface area contributed by atoms with E-state index in [1.165, 1.54) is 0 Å². The van der Waals surface area contributed by atoms with Crippen molar-refractivity contribution in [3.63, 3.8) is 0 Å². The van der Waals surface area contributed by atoms with E-state index >= 15 is 0 Å². The summed E-state index contributed by atoms with van der Waals surface area (Å²) in [4.78, 5) is 12.7. The van der Waals surface area contributed by atoms with Crippen molar-refractivity contribution in [2.45, 2.75) is 26.9 Å². The average molecular weight is 479 g/mol. The predicted octanol–water partition coefficient (Wildman–Crippen LogP) is 5.72. The van der Waals surface area contributed by atoms with Gasteiger partial charge in [-0.05, 0) is 66.1 Å². The Morgan fingerprint density at radius 2 is 1.71 bits per heavy atom. The first-order chi connectivity index (χ1) is 16.3. The Labute approximate surface area is 198 Å². The highest BCUT2D eigenvalue weighted by molar-refractivity contribution is 7.92. The third-order valence-corrected chi connectivity index (χ3v) is 6.78. The van der Waals surface area contributed by atoms with E-state index in [4.69, 9.17) is 9.15 Å². The number of carbonyl (C=O) groups excluding carboxylic acids is 1. The van der Waals surface area contributed by atoms with Gasteiger partial charge in [-0.15, -0.1) is 0 Å². The van der Waals surface area contributed by atoms with Gasteiger partial charge in [-0.25, -0.2) is 8.42 Å². The molecule has 0 saturated carbocycles. The minimum absolute atomic E-state index is 0.0273. The van der Waals surface area contributed by atoms with E-state index in [1.54, 1.807) is 44.2 Å². The zero-order chi connectivity index (χ0) is 24.1. The third-order valence-electron chi connectivity index (χ3n) is 5.31. The van der Waals surface area contributed by atoms with E-state index in [9.17, 15) is 13.2 Å². The normalized spacial score (nSPS) is 11.4. The van der Waals surface area contributed by atoms with Crippen LogP contribution >= 0.6 is 0 Å². The van der Waals surface area contributed by atoms with Crippen molar-refractivity contribution in [3.05, 3.63) is 89.9 Å². The molecule has 2 N–H and O–H groups in total. The summed E-state index contributed by atoms with van der Waals surface area (Å²) >= 11 is 0. The standard InChI is InChI=1S/C26H26N2O5S/c1-3-15-34(30,31)28-24-10-6-9-23(18(24)2)27-26(29)25-14-13-22(33-25)17-32-21-12-11-19-7-4-5-8-20(19)16-21/h4-14,16,28H,3,15,17H2,1-2H3,(H,27,29). The van der Waals surface area contributed by atoms with Gasteiger partial charge in [-0.2, -0.15) is 0 Å². The topological polar surface area (TPSA) is 97.6 Å². The van der Waals surface area contributed by atoms with Crippen LogP contribution in [0.2, 0.25) is 0 Å². The molecule has 0 aliphatic heterocycles. The Morgan fingerprint density at radius 3 is 2.50 bits per heavy atom. The zero-order valence-corrected chi connectivity index (χ0v) is 19.8. The highest BCUT2D eigenvalue weighted by Gasteiger charge is 2.16. The summed E-state index contributed by atoms with van der Waals surface area (Å²) in [5.41, 5.74) is 1.53. The number of anilines is 2. The monoisotopic (exact) mass is 478 g/mol. The second-order valence-electron chi connectivity index (χ2n) is 7.92. The molecule has 1 aromatic heterocycles. The lowest BCUT2D eigenvalue weighted by atomic mass is 10.1. The highest BCUT2D eigenvalue weighted by Crippen LogP contribution is 2.26. The van der Waals surface area contributed by atoms with Crippen LogP contribution in [0.1, 0.15) is 35.2 Å². The van der Waals surface area contributed by atoms with E-state index in [0.29, 0.717) is 34.9 Å². The van der Waals surface area contributed by atoms with Gasteiger partial charge in [0, 0.05) is 5.69 Å². The van der Waals surface area contributed by atoms with Crippen molar-refractivity contribution in [2.24, 2.45) is 0 Å². The lowest BCUT2D eigenvalue weighted by Gasteiger charge is -2.13. The lowest BCUT2D eigenvalue weighted by molar-refractivity contribution is 0.0992. The van der Waals surface area contributed by atoms with E-state index in [0.717, 1.165) is 10.8 Å². The van der Waals surface area contributed by atoms with Crippen molar-refractivity contribution in [3.8, 4) is 5.75 Å².